The lowest BCUT2D eigenvalue weighted by molar-refractivity contribution is -0.914. The third-order valence-electron chi connectivity index (χ3n) is 24.6. The Hall–Kier alpha value is -15.3. The zero-order valence-electron chi connectivity index (χ0n) is 90.6. The summed E-state index contributed by atoms with van der Waals surface area (Å²) in [5.74, 6) is 4.66. The van der Waals surface area contributed by atoms with E-state index in [0.717, 1.165) is 166 Å². The van der Waals surface area contributed by atoms with Crippen LogP contribution in [0.1, 0.15) is 77.6 Å². The Morgan fingerprint density at radius 2 is 0.705 bits per heavy atom. The van der Waals surface area contributed by atoms with Crippen LogP contribution in [0.5, 0.6) is 17.6 Å². The minimum atomic E-state index is 0. The highest BCUT2D eigenvalue weighted by atomic mass is 16.5. The van der Waals surface area contributed by atoms with Crippen LogP contribution in [0.15, 0.2) is 246 Å². The molecule has 2 fully saturated rings. The van der Waals surface area contributed by atoms with Crippen LogP contribution in [0, 0.1) is 52.0 Å². The molecule has 0 unspecified atom stereocenters. The highest BCUT2D eigenvalue weighted by Crippen LogP contribution is 2.31. The number of imidazole rings is 4. The van der Waals surface area contributed by atoms with Crippen molar-refractivity contribution in [2.75, 3.05) is 202 Å². The summed E-state index contributed by atoms with van der Waals surface area (Å²) in [7, 11) is 15.3. The van der Waals surface area contributed by atoms with Gasteiger partial charge in [0.25, 0.3) is 17.6 Å². The third-order valence-corrected chi connectivity index (χ3v) is 24.6. The number of piperidine rings is 1. The van der Waals surface area contributed by atoms with Gasteiger partial charge in [-0.25, -0.2) is 63.6 Å². The Morgan fingerprint density at radius 1 is 0.362 bits per heavy atom. The first-order valence-corrected chi connectivity index (χ1v) is 49.1. The van der Waals surface area contributed by atoms with E-state index in [1.54, 1.807) is 33.4 Å². The lowest BCUT2D eigenvalue weighted by atomic mass is 10.1. The summed E-state index contributed by atoms with van der Waals surface area (Å²) in [5, 5.41) is 61.2. The monoisotopic (exact) mass is 2050 g/mol. The second-order valence-corrected chi connectivity index (χ2v) is 37.1. The van der Waals surface area contributed by atoms with Crippen molar-refractivity contribution in [2.24, 2.45) is 14.1 Å². The SMILES string of the molecule is CCCOc1nn2ccccc2c1N.C[N+](C)(C)CCCCCNc1nn2ccccc2c1N.C[N+]1(CCOc2nn3ccccc3c2N)CCCC1.C[N+]1(CCOc2nn3ccccc3c2N)CCCCC1.C[n+]1ccn(CCCNc2nn3ccccc3c2N)c1.C[n+]1ccn(CCNc2nn3ccccc3c2N)c1.Nc1c(NCCC[n+]2ccn(CCO)c2)nn2ccccc12.OCC[n+]1cc[nH]c1.[CH3-].[CH3-].[CH3-].[CH3-].[CH3-].[CH3-].[CH3-]. The van der Waals surface area contributed by atoms with Crippen LogP contribution in [-0.4, -0.2) is 250 Å². The van der Waals surface area contributed by atoms with Gasteiger partial charge in [-0.3, -0.25) is 4.98 Å². The minimum absolute atomic E-state index is 0. The molecule has 0 aliphatic carbocycles. The lowest BCUT2D eigenvalue weighted by Gasteiger charge is -2.37. The summed E-state index contributed by atoms with van der Waals surface area (Å²) in [6.45, 7) is 20.1. The number of nitrogens with two attached hydrogens (primary N) is 7. The number of hydrogen-bond acceptors (Lipinski definition) is 23. The summed E-state index contributed by atoms with van der Waals surface area (Å²) in [6.07, 6.45) is 50.2. The van der Waals surface area contributed by atoms with E-state index in [1.165, 1.54) is 77.7 Å². The Labute approximate surface area is 880 Å². The van der Waals surface area contributed by atoms with Gasteiger partial charge in [0.1, 0.15) is 135 Å². The number of pyridine rings is 7. The number of likely N-dealkylation sites (tertiary alicyclic amines) is 2. The van der Waals surface area contributed by atoms with Crippen molar-refractivity contribution in [3.8, 4) is 17.6 Å². The number of anilines is 11. The zero-order valence-corrected chi connectivity index (χ0v) is 90.6. The van der Waals surface area contributed by atoms with Gasteiger partial charge in [0.15, 0.2) is 23.3 Å². The van der Waals surface area contributed by atoms with Crippen molar-refractivity contribution >= 4 is 102 Å². The number of aromatic amines is 1. The van der Waals surface area contributed by atoms with Crippen LogP contribution in [0.25, 0.3) is 38.6 Å². The predicted octanol–water partition coefficient (Wildman–Crippen LogP) is 12.0. The lowest BCUT2D eigenvalue weighted by Crippen LogP contribution is -2.50. The van der Waals surface area contributed by atoms with E-state index < -0.39 is 0 Å². The van der Waals surface area contributed by atoms with E-state index in [-0.39, 0.29) is 65.2 Å². The smallest absolute Gasteiger partial charge is 0.257 e. The average Bonchev–Trinajstić information content (AvgIpc) is 1.69. The first-order chi connectivity index (χ1) is 68.8. The predicted molar refractivity (Wildman–Crippen MR) is 605 cm³/mol. The first kappa shape index (κ1) is 122. The maximum atomic E-state index is 8.89. The fraction of sp³-hybridized carbons (Fsp3) is 0.370. The van der Waals surface area contributed by atoms with Crippen molar-refractivity contribution in [1.29, 1.82) is 0 Å². The quantitative estimate of drug-likeness (QED) is 0.00750. The number of rotatable bonds is 36. The highest BCUT2D eigenvalue weighted by Gasteiger charge is 2.28. The number of H-pyrrole nitrogens is 1. The van der Waals surface area contributed by atoms with Gasteiger partial charge < -0.3 is 151 Å². The van der Waals surface area contributed by atoms with Crippen LogP contribution < -0.4 is 93.9 Å². The molecule has 0 saturated carbocycles. The number of unbranched alkanes of at least 4 members (excludes halogenated alkanes) is 2. The molecule has 149 heavy (non-hydrogen) atoms. The van der Waals surface area contributed by atoms with Crippen LogP contribution >= 0.6 is 0 Å². The Morgan fingerprint density at radius 3 is 1.05 bits per heavy atom. The molecule has 812 valence electrons. The molecule has 18 aromatic rings. The van der Waals surface area contributed by atoms with Gasteiger partial charge in [0.2, 0.25) is 25.3 Å². The summed E-state index contributed by atoms with van der Waals surface area (Å²) >= 11 is 0. The second-order valence-electron chi connectivity index (χ2n) is 37.1. The number of hydrogen-bond donors (Lipinski definition) is 14. The number of aliphatic hydroxyl groups is 2. The number of aliphatic hydroxyl groups excluding tert-OH is 2. The molecule has 0 bridgehead atoms. The van der Waals surface area contributed by atoms with E-state index in [9.17, 15) is 0 Å². The van der Waals surface area contributed by atoms with E-state index in [4.69, 9.17) is 64.6 Å². The summed E-state index contributed by atoms with van der Waals surface area (Å²) in [6, 6.07) is 40.9. The number of nitrogen functional groups attached to an aromatic ring is 7. The van der Waals surface area contributed by atoms with Crippen molar-refractivity contribution in [2.45, 2.75) is 110 Å². The maximum Gasteiger partial charge on any atom is 0.257 e. The maximum absolute atomic E-state index is 8.89. The topological polar surface area (TPSA) is 466 Å². The Kier molecular flexibility index (Phi) is 49.8. The first-order valence-electron chi connectivity index (χ1n) is 49.1. The molecule has 0 atom stereocenters. The molecule has 20 heterocycles. The van der Waals surface area contributed by atoms with Crippen molar-refractivity contribution in [3.05, 3.63) is 298 Å². The van der Waals surface area contributed by atoms with E-state index in [1.807, 2.05) is 271 Å². The molecule has 2 aliphatic rings. The van der Waals surface area contributed by atoms with Gasteiger partial charge in [-0.15, -0.1) is 35.7 Å². The fourth-order valence-corrected chi connectivity index (χ4v) is 16.6. The van der Waals surface area contributed by atoms with Crippen LogP contribution in [0.4, 0.5) is 63.1 Å². The van der Waals surface area contributed by atoms with Gasteiger partial charge >= 0.3 is 0 Å². The number of nitrogens with zero attached hydrogens (tertiary/aromatic N) is 24. The Balaban J connectivity index is 0.000000260. The zero-order chi connectivity index (χ0) is 100. The molecule has 2 aliphatic heterocycles. The number of quaternary nitrogens is 3. The summed E-state index contributed by atoms with van der Waals surface area (Å²) < 4.78 is 46.9. The standard InChI is InChI=1S/C15H21N6O.C15H26N5.C15H23N4O.C14H19N6.C14H21N4O.C13H17N6.C10H13N3O.C5H8N2O.7CH3/c16-14-13-4-1-2-7-21(13)18-15(14)17-5-3-6-19-8-9-20(12-19)10-11-22;1-20(2,3)12-8-4-6-10-17-15-14(16)13-9-5-7-11-19(13)18-15;1-19(9-5-2-6-10-19)11-12-20-15-14(16)13-7-3-4-8-18(13)17-15;1-18-9-10-19(11-18)7-4-6-16-14-13(15)12-5-2-3-8-20(12)17-14;1-18(8-4-5-9-18)10-11-19-14-13(15)12-6-2-3-7-17(12)16-14;1-17-8-9-18(10-17)7-5-15-13-12(14)11-4-2-3-6-19(11)16-13;1-2-7-14-10-9(11)8-5-3-4-6-13(8)12-10;8-4-3-7-2-1-6-5-7;;;;;;;/h1-2,4,7-9,12,22H,3,5-6,10-11,16H2,(H,17,18);5,7,9,11H,4,6,8,10,12,16H2,1-3H3,(H,17,18);3-4,7-8H,2,5-6,9-12,16H2,1H3;2-3,5,8-11H,4,6-7,15H2,1H3,(H,16,17);2-3,6-7H,4-5,8-11,15H2,1H3;2-4,6,8-10H,5,7,14H2,1H3,(H,15,16);3-6H,2,7,11H2,1H3;1-2,5,8H,3-4H2;7*1H3/q6*+1;;;7*-1/p+1. The van der Waals surface area contributed by atoms with E-state index in [0.29, 0.717) is 84.7 Å². The van der Waals surface area contributed by atoms with Crippen molar-refractivity contribution in [3.63, 3.8) is 0 Å². The van der Waals surface area contributed by atoms with E-state index in [2.05, 4.69) is 123 Å². The van der Waals surface area contributed by atoms with Gasteiger partial charge in [0.05, 0.1) is 160 Å². The molecule has 21 N–H and O–H groups in total. The molecule has 20 rings (SSSR count). The number of aryl methyl sites for hydroxylation is 4. The molecule has 18 aromatic heterocycles. The number of nitrogens with one attached hydrogen (secondary N) is 5. The van der Waals surface area contributed by atoms with Gasteiger partial charge in [0, 0.05) is 88.7 Å². The van der Waals surface area contributed by atoms with Crippen LogP contribution in [-0.2, 0) is 46.8 Å². The molecule has 41 heteroatoms. The highest BCUT2D eigenvalue weighted by molar-refractivity contribution is 5.83. The Bertz CT molecular complexity index is 6810. The van der Waals surface area contributed by atoms with Gasteiger partial charge in [-0.1, -0.05) is 49.4 Å². The third kappa shape index (κ3) is 35.5. The van der Waals surface area contributed by atoms with Crippen LogP contribution in [0.3, 0.4) is 0 Å². The molecular weight excluding hydrogens is 1880 g/mol. The molecule has 0 aromatic carbocycles. The average molecular weight is 2050 g/mol. The minimum Gasteiger partial charge on any atom is -0.475 e. The second kappa shape index (κ2) is 60.7. The number of likely N-dealkylation sites (N-methyl/N-ethyl adjacent to an activating group) is 2. The fourth-order valence-electron chi connectivity index (χ4n) is 16.6. The molecule has 0 amide bonds. The number of fused-ring (bicyclic) bond motifs is 7. The van der Waals surface area contributed by atoms with Gasteiger partial charge in [-0.2, -0.15) is 0 Å². The molecule has 41 nitrogen and oxygen atoms in total. The molecule has 0 radical (unpaired) electrons. The number of ether oxygens (including phenoxy) is 3. The summed E-state index contributed by atoms with van der Waals surface area (Å²) in [4.78, 5) is 2.87. The van der Waals surface area contributed by atoms with Crippen molar-refractivity contribution in [1.82, 2.24) is 86.0 Å². The van der Waals surface area contributed by atoms with Crippen molar-refractivity contribution < 1.29 is 56.1 Å². The molecular formula is C108H170N36O5. The van der Waals surface area contributed by atoms with Crippen LogP contribution in [0.2, 0.25) is 0 Å². The normalized spacial score (nSPS) is 12.4. The molecule has 0 spiro atoms. The number of aromatic nitrogens is 22. The summed E-state index contributed by atoms with van der Waals surface area (Å²) in [5.41, 5.74) is 53.4. The van der Waals surface area contributed by atoms with Gasteiger partial charge in [-0.05, 0) is 130 Å². The van der Waals surface area contributed by atoms with E-state index >= 15 is 0 Å². The molecule has 2 saturated heterocycles. The largest absolute Gasteiger partial charge is 0.475 e.